The van der Waals surface area contributed by atoms with E-state index in [9.17, 15) is 19.8 Å². The Morgan fingerprint density at radius 3 is 1.22 bits per heavy atom. The van der Waals surface area contributed by atoms with Crippen molar-refractivity contribution in [2.24, 2.45) is 0 Å². The van der Waals surface area contributed by atoms with E-state index < -0.39 is 18.2 Å². The predicted octanol–water partition coefficient (Wildman–Crippen LogP) is 12.4. The van der Waals surface area contributed by atoms with Crippen molar-refractivity contribution in [2.75, 3.05) is 6.61 Å². The summed E-state index contributed by atoms with van der Waals surface area (Å²) in [6.07, 6.45) is 38.7. The first-order chi connectivity index (χ1) is 24.5. The van der Waals surface area contributed by atoms with Gasteiger partial charge in [-0.25, -0.2) is 0 Å². The minimum Gasteiger partial charge on any atom is -0.462 e. The van der Waals surface area contributed by atoms with Crippen LogP contribution in [0.15, 0.2) is 0 Å². The third-order valence-electron chi connectivity index (χ3n) is 10.4. The molecule has 0 fully saturated rings. The number of ether oxygens (including phenoxy) is 1. The molecule has 0 aliphatic heterocycles. The molecule has 6 heteroatoms. The van der Waals surface area contributed by atoms with Crippen molar-refractivity contribution in [3.63, 3.8) is 0 Å². The number of hydrogen-bond acceptors (Lipinski definition) is 5. The van der Waals surface area contributed by atoms with Gasteiger partial charge in [-0.1, -0.05) is 207 Å². The van der Waals surface area contributed by atoms with E-state index in [-0.39, 0.29) is 24.9 Å². The summed E-state index contributed by atoms with van der Waals surface area (Å²) in [6.45, 7) is 6.45. The summed E-state index contributed by atoms with van der Waals surface area (Å²) in [5.41, 5.74) is 0. The molecule has 0 rings (SSSR count). The molecular formula is C44H87NO5. The summed E-state index contributed by atoms with van der Waals surface area (Å²) in [5.74, 6) is -0.463. The lowest BCUT2D eigenvalue weighted by Crippen LogP contribution is -2.46. The van der Waals surface area contributed by atoms with Gasteiger partial charge in [-0.2, -0.15) is 0 Å². The van der Waals surface area contributed by atoms with Crippen LogP contribution in [0.5, 0.6) is 0 Å². The van der Waals surface area contributed by atoms with Crippen molar-refractivity contribution in [2.45, 2.75) is 264 Å². The van der Waals surface area contributed by atoms with Gasteiger partial charge in [0.2, 0.25) is 5.91 Å². The zero-order valence-corrected chi connectivity index (χ0v) is 33.8. The molecule has 0 heterocycles. The van der Waals surface area contributed by atoms with Gasteiger partial charge in [0.25, 0.3) is 0 Å². The normalized spacial score (nSPS) is 13.3. The summed E-state index contributed by atoms with van der Waals surface area (Å²) in [5, 5.41) is 23.6. The molecule has 0 saturated carbocycles. The number of hydrogen-bond donors (Lipinski definition) is 3. The number of aliphatic hydroxyl groups excluding tert-OH is 2. The molecule has 3 atom stereocenters. The minimum absolute atomic E-state index is 0.0863. The molecule has 0 radical (unpaired) electrons. The average Bonchev–Trinajstić information content (AvgIpc) is 3.10. The number of carbonyl (C=O) groups is 2. The molecule has 0 saturated heterocycles. The molecule has 0 aliphatic carbocycles. The van der Waals surface area contributed by atoms with Gasteiger partial charge in [0.05, 0.1) is 25.2 Å². The Morgan fingerprint density at radius 2 is 0.840 bits per heavy atom. The second-order valence-corrected chi connectivity index (χ2v) is 15.5. The van der Waals surface area contributed by atoms with Crippen LogP contribution in [0.4, 0.5) is 0 Å². The van der Waals surface area contributed by atoms with Gasteiger partial charge in [-0.05, 0) is 25.7 Å². The SMILES string of the molecule is CCCCCCCCCCCCCCC(CC(=O)NC(CO)C(O)CCCCCCCCCCCC)OC(=O)CCCCCCCCCCC. The van der Waals surface area contributed by atoms with E-state index in [1.165, 1.54) is 154 Å². The molecule has 0 aromatic heterocycles. The number of esters is 1. The molecular weight excluding hydrogens is 622 g/mol. The highest BCUT2D eigenvalue weighted by Crippen LogP contribution is 2.18. The lowest BCUT2D eigenvalue weighted by molar-refractivity contribution is -0.151. The molecule has 6 nitrogen and oxygen atoms in total. The Hall–Kier alpha value is -1.14. The zero-order valence-electron chi connectivity index (χ0n) is 33.8. The van der Waals surface area contributed by atoms with E-state index >= 15 is 0 Å². The molecule has 0 bridgehead atoms. The van der Waals surface area contributed by atoms with Crippen molar-refractivity contribution < 1.29 is 24.5 Å². The van der Waals surface area contributed by atoms with E-state index in [0.29, 0.717) is 19.3 Å². The molecule has 0 spiro atoms. The van der Waals surface area contributed by atoms with Gasteiger partial charge in [-0.15, -0.1) is 0 Å². The molecule has 298 valence electrons. The highest BCUT2D eigenvalue weighted by molar-refractivity contribution is 5.77. The molecule has 50 heavy (non-hydrogen) atoms. The van der Waals surface area contributed by atoms with E-state index in [1.54, 1.807) is 0 Å². The van der Waals surface area contributed by atoms with Gasteiger partial charge in [0, 0.05) is 6.42 Å². The second-order valence-electron chi connectivity index (χ2n) is 15.5. The zero-order chi connectivity index (χ0) is 36.8. The van der Waals surface area contributed by atoms with E-state index in [2.05, 4.69) is 26.1 Å². The molecule has 0 aromatic carbocycles. The summed E-state index contributed by atoms with van der Waals surface area (Å²) in [6, 6.07) is -0.689. The standard InChI is InChI=1S/C44H87NO5/c1-4-7-10-13-16-19-21-22-24-26-29-32-35-40(50-44(49)37-34-31-28-23-18-15-12-9-6-3)38-43(48)45-41(39-46)42(47)36-33-30-27-25-20-17-14-11-8-5-2/h40-42,46-47H,4-39H2,1-3H3,(H,45,48). The average molecular weight is 710 g/mol. The largest absolute Gasteiger partial charge is 0.462 e. The summed E-state index contributed by atoms with van der Waals surface area (Å²) in [4.78, 5) is 25.9. The molecule has 1 amide bonds. The van der Waals surface area contributed by atoms with Gasteiger partial charge in [-0.3, -0.25) is 9.59 Å². The van der Waals surface area contributed by atoms with Crippen LogP contribution in [0.2, 0.25) is 0 Å². The van der Waals surface area contributed by atoms with Crippen LogP contribution in [0.3, 0.4) is 0 Å². The van der Waals surface area contributed by atoms with Crippen molar-refractivity contribution in [3.05, 3.63) is 0 Å². The van der Waals surface area contributed by atoms with Gasteiger partial charge in [0.15, 0.2) is 0 Å². The Kier molecular flexibility index (Phi) is 38.2. The third-order valence-corrected chi connectivity index (χ3v) is 10.4. The fraction of sp³-hybridized carbons (Fsp3) is 0.955. The minimum atomic E-state index is -0.776. The van der Waals surface area contributed by atoms with Crippen molar-refractivity contribution in [1.82, 2.24) is 5.32 Å². The van der Waals surface area contributed by atoms with Crippen LogP contribution >= 0.6 is 0 Å². The first-order valence-electron chi connectivity index (χ1n) is 22.3. The fourth-order valence-corrected chi connectivity index (χ4v) is 7.02. The molecule has 0 aliphatic rings. The van der Waals surface area contributed by atoms with Crippen LogP contribution in [-0.2, 0) is 14.3 Å². The number of aliphatic hydroxyl groups is 2. The Labute approximate surface area is 311 Å². The summed E-state index contributed by atoms with van der Waals surface area (Å²) >= 11 is 0. The summed E-state index contributed by atoms with van der Waals surface area (Å²) < 4.78 is 5.88. The van der Waals surface area contributed by atoms with Gasteiger partial charge < -0.3 is 20.3 Å². The van der Waals surface area contributed by atoms with Crippen molar-refractivity contribution in [3.8, 4) is 0 Å². The van der Waals surface area contributed by atoms with Crippen LogP contribution in [0, 0.1) is 0 Å². The summed E-state index contributed by atoms with van der Waals surface area (Å²) in [7, 11) is 0. The highest BCUT2D eigenvalue weighted by Gasteiger charge is 2.24. The van der Waals surface area contributed by atoms with E-state index in [4.69, 9.17) is 4.74 Å². The van der Waals surface area contributed by atoms with Crippen molar-refractivity contribution >= 4 is 11.9 Å². The smallest absolute Gasteiger partial charge is 0.306 e. The molecule has 3 N–H and O–H groups in total. The monoisotopic (exact) mass is 710 g/mol. The first kappa shape index (κ1) is 48.9. The Bertz CT molecular complexity index is 717. The quantitative estimate of drug-likeness (QED) is 0.0435. The van der Waals surface area contributed by atoms with Gasteiger partial charge in [0.1, 0.15) is 6.10 Å². The maximum Gasteiger partial charge on any atom is 0.306 e. The van der Waals surface area contributed by atoms with Crippen LogP contribution in [0.1, 0.15) is 245 Å². The first-order valence-corrected chi connectivity index (χ1v) is 22.3. The number of rotatable bonds is 40. The molecule has 3 unspecified atom stereocenters. The number of amides is 1. The van der Waals surface area contributed by atoms with E-state index in [0.717, 1.165) is 44.9 Å². The second kappa shape index (κ2) is 39.1. The third kappa shape index (κ3) is 34.0. The Morgan fingerprint density at radius 1 is 0.500 bits per heavy atom. The maximum atomic E-state index is 13.1. The van der Waals surface area contributed by atoms with E-state index in [1.807, 2.05) is 0 Å². The maximum absolute atomic E-state index is 13.1. The number of nitrogens with one attached hydrogen (secondary N) is 1. The van der Waals surface area contributed by atoms with Crippen LogP contribution in [0.25, 0.3) is 0 Å². The number of carbonyl (C=O) groups excluding carboxylic acids is 2. The van der Waals surface area contributed by atoms with Crippen molar-refractivity contribution in [1.29, 1.82) is 0 Å². The van der Waals surface area contributed by atoms with Gasteiger partial charge >= 0.3 is 5.97 Å². The Balaban J connectivity index is 4.55. The van der Waals surface area contributed by atoms with Crippen LogP contribution < -0.4 is 5.32 Å². The molecule has 0 aromatic rings. The topological polar surface area (TPSA) is 95.9 Å². The van der Waals surface area contributed by atoms with Crippen LogP contribution in [-0.4, -0.2) is 46.9 Å². The highest BCUT2D eigenvalue weighted by atomic mass is 16.5. The lowest BCUT2D eigenvalue weighted by Gasteiger charge is -2.24. The number of unbranched alkanes of at least 4 members (excludes halogenated alkanes) is 28. The predicted molar refractivity (Wildman–Crippen MR) is 214 cm³/mol. The fourth-order valence-electron chi connectivity index (χ4n) is 7.02. The lowest BCUT2D eigenvalue weighted by atomic mass is 10.0.